The molecule has 0 aliphatic heterocycles. The molecule has 0 fully saturated rings. The summed E-state index contributed by atoms with van der Waals surface area (Å²) in [5.74, 6) is 0. The van der Waals surface area contributed by atoms with E-state index in [1.807, 2.05) is 5.38 Å². The van der Waals surface area contributed by atoms with E-state index in [4.69, 9.17) is 5.73 Å². The molecule has 12 heavy (non-hydrogen) atoms. The number of hydrogen-bond acceptors (Lipinski definition) is 4. The van der Waals surface area contributed by atoms with Gasteiger partial charge in [0.25, 0.3) is 0 Å². The molecule has 0 amide bonds. The van der Waals surface area contributed by atoms with Crippen molar-refractivity contribution in [3.05, 3.63) is 16.1 Å². The van der Waals surface area contributed by atoms with Crippen molar-refractivity contribution in [2.24, 2.45) is 5.73 Å². The Morgan fingerprint density at radius 2 is 2.50 bits per heavy atom. The van der Waals surface area contributed by atoms with Gasteiger partial charge in [0.1, 0.15) is 0 Å². The van der Waals surface area contributed by atoms with Crippen LogP contribution in [0.15, 0.2) is 5.38 Å². The van der Waals surface area contributed by atoms with Gasteiger partial charge in [-0.25, -0.2) is 4.98 Å². The fraction of sp³-hybridized carbons (Fsp3) is 0.625. The fourth-order valence-electron chi connectivity index (χ4n) is 0.946. The zero-order valence-electron chi connectivity index (χ0n) is 7.16. The number of aryl methyl sites for hydroxylation is 1. The summed E-state index contributed by atoms with van der Waals surface area (Å²) < 4.78 is 0. The molecule has 1 unspecified atom stereocenters. The van der Waals surface area contributed by atoms with E-state index in [1.165, 1.54) is 0 Å². The van der Waals surface area contributed by atoms with Crippen molar-refractivity contribution >= 4 is 11.3 Å². The second-order valence-electron chi connectivity index (χ2n) is 2.61. The molecule has 68 valence electrons. The first-order valence-corrected chi connectivity index (χ1v) is 4.98. The van der Waals surface area contributed by atoms with Crippen LogP contribution >= 0.6 is 11.3 Å². The summed E-state index contributed by atoms with van der Waals surface area (Å²) >= 11 is 1.59. The molecule has 0 aliphatic rings. The zero-order chi connectivity index (χ0) is 8.97. The molecule has 3 N–H and O–H groups in total. The summed E-state index contributed by atoms with van der Waals surface area (Å²) in [7, 11) is 0. The topological polar surface area (TPSA) is 59.1 Å². The molecule has 1 rings (SSSR count). The van der Waals surface area contributed by atoms with Crippen molar-refractivity contribution in [3.63, 3.8) is 0 Å². The lowest BCUT2D eigenvalue weighted by Gasteiger charge is -2.03. The van der Waals surface area contributed by atoms with E-state index >= 15 is 0 Å². The van der Waals surface area contributed by atoms with E-state index < -0.39 is 6.10 Å². The number of rotatable bonds is 4. The Bertz CT molecular complexity index is 237. The van der Waals surface area contributed by atoms with Crippen LogP contribution in [0.2, 0.25) is 0 Å². The summed E-state index contributed by atoms with van der Waals surface area (Å²) in [6.07, 6.45) is 1.04. The lowest BCUT2D eigenvalue weighted by Crippen LogP contribution is -2.06. The van der Waals surface area contributed by atoms with Crippen LogP contribution in [0.25, 0.3) is 0 Å². The summed E-state index contributed by atoms with van der Waals surface area (Å²) in [4.78, 5) is 4.26. The minimum Gasteiger partial charge on any atom is -0.387 e. The maximum Gasteiger partial charge on any atom is 0.0980 e. The lowest BCUT2D eigenvalue weighted by molar-refractivity contribution is 0.166. The molecule has 1 heterocycles. The summed E-state index contributed by atoms with van der Waals surface area (Å²) in [6, 6.07) is 0. The maximum atomic E-state index is 9.49. The Morgan fingerprint density at radius 3 is 3.00 bits per heavy atom. The molecule has 1 aromatic rings. The van der Waals surface area contributed by atoms with Crippen LogP contribution < -0.4 is 5.73 Å². The van der Waals surface area contributed by atoms with Gasteiger partial charge in [-0.1, -0.05) is 6.92 Å². The van der Waals surface area contributed by atoms with E-state index in [1.54, 1.807) is 11.3 Å². The number of nitrogens with two attached hydrogens (primary N) is 1. The predicted molar refractivity (Wildman–Crippen MR) is 50.1 cm³/mol. The number of thiazole rings is 1. The van der Waals surface area contributed by atoms with Crippen molar-refractivity contribution in [2.75, 3.05) is 6.54 Å². The summed E-state index contributed by atoms with van der Waals surface area (Å²) in [5.41, 5.74) is 6.09. The first-order chi connectivity index (χ1) is 5.77. The minimum absolute atomic E-state index is 0.480. The van der Waals surface area contributed by atoms with Crippen LogP contribution in [0, 0.1) is 0 Å². The highest BCUT2D eigenvalue weighted by atomic mass is 32.1. The summed E-state index contributed by atoms with van der Waals surface area (Å²) in [5, 5.41) is 12.5. The monoisotopic (exact) mass is 186 g/mol. The van der Waals surface area contributed by atoms with Crippen LogP contribution in [0.1, 0.15) is 30.2 Å². The first-order valence-electron chi connectivity index (χ1n) is 4.10. The van der Waals surface area contributed by atoms with Crippen LogP contribution in [-0.2, 0) is 6.42 Å². The molecule has 0 bridgehead atoms. The third-order valence-corrected chi connectivity index (χ3v) is 2.66. The highest BCUT2D eigenvalue weighted by Crippen LogP contribution is 2.18. The number of hydrogen-bond donors (Lipinski definition) is 2. The molecule has 0 aliphatic carbocycles. The van der Waals surface area contributed by atoms with Crippen LogP contribution in [0.4, 0.5) is 0 Å². The highest BCUT2D eigenvalue weighted by Gasteiger charge is 2.09. The lowest BCUT2D eigenvalue weighted by atomic mass is 10.2. The van der Waals surface area contributed by atoms with Gasteiger partial charge in [0.05, 0.1) is 16.8 Å². The average Bonchev–Trinajstić information content (AvgIpc) is 2.52. The number of aliphatic hydroxyl groups is 1. The molecule has 3 nitrogen and oxygen atoms in total. The van der Waals surface area contributed by atoms with E-state index in [0.29, 0.717) is 13.0 Å². The third-order valence-electron chi connectivity index (χ3n) is 1.65. The largest absolute Gasteiger partial charge is 0.387 e. The maximum absolute atomic E-state index is 9.49. The molecule has 0 radical (unpaired) electrons. The molecule has 0 saturated carbocycles. The van der Waals surface area contributed by atoms with Gasteiger partial charge in [0.2, 0.25) is 0 Å². The van der Waals surface area contributed by atoms with Crippen molar-refractivity contribution in [1.29, 1.82) is 0 Å². The Balaban J connectivity index is 2.61. The Morgan fingerprint density at radius 1 is 1.75 bits per heavy atom. The fourth-order valence-corrected chi connectivity index (χ4v) is 1.74. The highest BCUT2D eigenvalue weighted by molar-refractivity contribution is 7.09. The van der Waals surface area contributed by atoms with Crippen molar-refractivity contribution < 1.29 is 5.11 Å². The number of nitrogens with zero attached hydrogens (tertiary/aromatic N) is 1. The quantitative estimate of drug-likeness (QED) is 0.740. The standard InChI is InChI=1S/C8H14N2OS/c1-2-8-10-6(5-12-8)7(11)3-4-9/h5,7,11H,2-4,9H2,1H3. The van der Waals surface area contributed by atoms with Gasteiger partial charge in [-0.15, -0.1) is 11.3 Å². The molecule has 0 aromatic carbocycles. The minimum atomic E-state index is -0.480. The van der Waals surface area contributed by atoms with Gasteiger partial charge in [-0.05, 0) is 19.4 Å². The molecular weight excluding hydrogens is 172 g/mol. The van der Waals surface area contributed by atoms with Crippen molar-refractivity contribution in [3.8, 4) is 0 Å². The Kier molecular flexibility index (Phi) is 3.65. The molecular formula is C8H14N2OS. The third kappa shape index (κ3) is 2.27. The molecule has 0 saturated heterocycles. The second kappa shape index (κ2) is 4.54. The number of aliphatic hydroxyl groups excluding tert-OH is 1. The van der Waals surface area contributed by atoms with Gasteiger partial charge in [-0.3, -0.25) is 0 Å². The predicted octanol–water partition coefficient (Wildman–Crippen LogP) is 1.09. The second-order valence-corrected chi connectivity index (χ2v) is 3.56. The number of aromatic nitrogens is 1. The van der Waals surface area contributed by atoms with E-state index in [-0.39, 0.29) is 0 Å². The Labute approximate surface area is 76.3 Å². The van der Waals surface area contributed by atoms with Crippen molar-refractivity contribution in [2.45, 2.75) is 25.9 Å². The molecule has 4 heteroatoms. The molecule has 1 aromatic heterocycles. The smallest absolute Gasteiger partial charge is 0.0980 e. The Hall–Kier alpha value is -0.450. The molecule has 0 spiro atoms. The van der Waals surface area contributed by atoms with Gasteiger partial charge in [0, 0.05) is 5.38 Å². The van der Waals surface area contributed by atoms with Crippen LogP contribution in [0.5, 0.6) is 0 Å². The normalized spacial score (nSPS) is 13.2. The van der Waals surface area contributed by atoms with Gasteiger partial charge >= 0.3 is 0 Å². The first kappa shape index (κ1) is 9.64. The average molecular weight is 186 g/mol. The SMILES string of the molecule is CCc1nc(C(O)CCN)cs1. The summed E-state index contributed by atoms with van der Waals surface area (Å²) in [6.45, 7) is 2.55. The van der Waals surface area contributed by atoms with E-state index in [9.17, 15) is 5.11 Å². The van der Waals surface area contributed by atoms with Crippen molar-refractivity contribution in [1.82, 2.24) is 4.98 Å². The van der Waals surface area contributed by atoms with Crippen LogP contribution in [-0.4, -0.2) is 16.6 Å². The van der Waals surface area contributed by atoms with Gasteiger partial charge in [-0.2, -0.15) is 0 Å². The zero-order valence-corrected chi connectivity index (χ0v) is 7.97. The van der Waals surface area contributed by atoms with Gasteiger partial charge in [0.15, 0.2) is 0 Å². The van der Waals surface area contributed by atoms with Crippen LogP contribution in [0.3, 0.4) is 0 Å². The molecule has 1 atom stereocenters. The van der Waals surface area contributed by atoms with Gasteiger partial charge < -0.3 is 10.8 Å². The van der Waals surface area contributed by atoms with E-state index in [0.717, 1.165) is 17.1 Å². The van der Waals surface area contributed by atoms with E-state index in [2.05, 4.69) is 11.9 Å².